The first kappa shape index (κ1) is 20.0. The average Bonchev–Trinajstić information content (AvgIpc) is 3.31. The minimum Gasteiger partial charge on any atom is -0.497 e. The molecule has 150 valence electrons. The molecule has 1 amide bonds. The second kappa shape index (κ2) is 7.70. The fraction of sp³-hybridized carbons (Fsp3) is 0.682. The number of hydrogen-bond donors (Lipinski definition) is 1. The summed E-state index contributed by atoms with van der Waals surface area (Å²) in [6, 6.07) is 5.61. The standard InChI is InChI=1S/C22H34N2O3/c1-21(2,3)6-9-24-10-7-22(8-11-24)15-19(22)23-20(25)16-12-17(26-4)14-18(13-16)27-5/h12-14,19H,6-11,15H2,1-5H3,(H,23,25). The van der Waals surface area contributed by atoms with E-state index < -0.39 is 0 Å². The summed E-state index contributed by atoms with van der Waals surface area (Å²) < 4.78 is 10.5. The van der Waals surface area contributed by atoms with Crippen LogP contribution < -0.4 is 14.8 Å². The van der Waals surface area contributed by atoms with Gasteiger partial charge in [0.25, 0.3) is 5.91 Å². The molecule has 1 aromatic rings. The Bertz CT molecular complexity index is 650. The molecule has 0 bridgehead atoms. The van der Waals surface area contributed by atoms with Gasteiger partial charge in [-0.3, -0.25) is 4.79 Å². The first-order valence-corrected chi connectivity index (χ1v) is 10.0. The zero-order chi connectivity index (χ0) is 19.7. The van der Waals surface area contributed by atoms with Gasteiger partial charge >= 0.3 is 0 Å². The molecule has 5 heteroatoms. The third kappa shape index (κ3) is 4.95. The molecule has 2 fully saturated rings. The molecule has 3 rings (SSSR count). The van der Waals surface area contributed by atoms with Crippen LogP contribution in [0.3, 0.4) is 0 Å². The lowest BCUT2D eigenvalue weighted by atomic mass is 9.89. The van der Waals surface area contributed by atoms with E-state index in [4.69, 9.17) is 9.47 Å². The maximum atomic E-state index is 12.7. The number of nitrogens with one attached hydrogen (secondary N) is 1. The lowest BCUT2D eigenvalue weighted by Gasteiger charge is -2.34. The van der Waals surface area contributed by atoms with Crippen LogP contribution in [0.2, 0.25) is 0 Å². The maximum absolute atomic E-state index is 12.7. The van der Waals surface area contributed by atoms with Crippen molar-refractivity contribution in [2.24, 2.45) is 10.8 Å². The van der Waals surface area contributed by atoms with Gasteiger partial charge in [0, 0.05) is 17.7 Å². The highest BCUT2D eigenvalue weighted by molar-refractivity contribution is 5.95. The molecule has 1 saturated carbocycles. The minimum atomic E-state index is -0.0377. The molecule has 1 aliphatic carbocycles. The van der Waals surface area contributed by atoms with Crippen molar-refractivity contribution in [1.29, 1.82) is 0 Å². The topological polar surface area (TPSA) is 50.8 Å². The van der Waals surface area contributed by atoms with Crippen molar-refractivity contribution >= 4 is 5.91 Å². The van der Waals surface area contributed by atoms with E-state index in [2.05, 4.69) is 31.0 Å². The van der Waals surface area contributed by atoms with Gasteiger partial charge in [-0.2, -0.15) is 0 Å². The number of carbonyl (C=O) groups excluding carboxylic acids is 1. The van der Waals surface area contributed by atoms with Gasteiger partial charge in [-0.1, -0.05) is 20.8 Å². The second-order valence-electron chi connectivity index (χ2n) is 9.35. The highest BCUT2D eigenvalue weighted by atomic mass is 16.5. The van der Waals surface area contributed by atoms with Gasteiger partial charge in [0.05, 0.1) is 14.2 Å². The molecule has 5 nitrogen and oxygen atoms in total. The predicted molar refractivity (Wildman–Crippen MR) is 108 cm³/mol. The summed E-state index contributed by atoms with van der Waals surface area (Å²) in [6.07, 6.45) is 4.71. The van der Waals surface area contributed by atoms with Crippen molar-refractivity contribution in [3.05, 3.63) is 23.8 Å². The van der Waals surface area contributed by atoms with E-state index in [0.717, 1.165) is 19.5 Å². The molecular formula is C22H34N2O3. The monoisotopic (exact) mass is 374 g/mol. The zero-order valence-electron chi connectivity index (χ0n) is 17.4. The largest absolute Gasteiger partial charge is 0.497 e. The number of rotatable bonds is 6. The van der Waals surface area contributed by atoms with Crippen LogP contribution in [0, 0.1) is 10.8 Å². The Kier molecular flexibility index (Phi) is 5.71. The highest BCUT2D eigenvalue weighted by Gasteiger charge is 2.55. The van der Waals surface area contributed by atoms with Crippen LogP contribution in [0.4, 0.5) is 0 Å². The molecule has 0 aromatic heterocycles. The highest BCUT2D eigenvalue weighted by Crippen LogP contribution is 2.54. The van der Waals surface area contributed by atoms with Gasteiger partial charge in [0.1, 0.15) is 11.5 Å². The number of likely N-dealkylation sites (tertiary alicyclic amines) is 1. The fourth-order valence-electron chi connectivity index (χ4n) is 4.00. The van der Waals surface area contributed by atoms with E-state index >= 15 is 0 Å². The normalized spacial score (nSPS) is 21.7. The van der Waals surface area contributed by atoms with Crippen LogP contribution in [0.15, 0.2) is 18.2 Å². The van der Waals surface area contributed by atoms with Crippen molar-refractivity contribution in [2.45, 2.75) is 52.5 Å². The Morgan fingerprint density at radius 3 is 2.26 bits per heavy atom. The molecule has 27 heavy (non-hydrogen) atoms. The van der Waals surface area contributed by atoms with E-state index in [1.165, 1.54) is 25.8 Å². The average molecular weight is 375 g/mol. The quantitative estimate of drug-likeness (QED) is 0.824. The first-order valence-electron chi connectivity index (χ1n) is 10.0. The summed E-state index contributed by atoms with van der Waals surface area (Å²) in [6.45, 7) is 10.4. The Morgan fingerprint density at radius 1 is 1.15 bits per heavy atom. The molecule has 1 N–H and O–H groups in total. The Morgan fingerprint density at radius 2 is 1.74 bits per heavy atom. The molecular weight excluding hydrogens is 340 g/mol. The molecule has 0 radical (unpaired) electrons. The molecule has 1 heterocycles. The molecule has 1 saturated heterocycles. The molecule has 1 aromatic carbocycles. The summed E-state index contributed by atoms with van der Waals surface area (Å²) in [5.41, 5.74) is 1.30. The number of amides is 1. The van der Waals surface area contributed by atoms with Crippen molar-refractivity contribution < 1.29 is 14.3 Å². The van der Waals surface area contributed by atoms with Crippen LogP contribution in [-0.4, -0.2) is 50.7 Å². The van der Waals surface area contributed by atoms with Crippen LogP contribution in [0.5, 0.6) is 11.5 Å². The molecule has 2 aliphatic rings. The third-order valence-electron chi connectivity index (χ3n) is 6.14. The smallest absolute Gasteiger partial charge is 0.251 e. The lowest BCUT2D eigenvalue weighted by Crippen LogP contribution is -2.39. The number of hydrogen-bond acceptors (Lipinski definition) is 4. The van der Waals surface area contributed by atoms with Gasteiger partial charge in [0.2, 0.25) is 0 Å². The summed E-state index contributed by atoms with van der Waals surface area (Å²) in [5, 5.41) is 3.24. The van der Waals surface area contributed by atoms with Crippen LogP contribution >= 0.6 is 0 Å². The van der Waals surface area contributed by atoms with Crippen molar-refractivity contribution in [3.63, 3.8) is 0 Å². The van der Waals surface area contributed by atoms with Crippen LogP contribution in [0.1, 0.15) is 56.8 Å². The van der Waals surface area contributed by atoms with Gasteiger partial charge < -0.3 is 19.7 Å². The molecule has 1 spiro atoms. The lowest BCUT2D eigenvalue weighted by molar-refractivity contribution is 0.0932. The summed E-state index contributed by atoms with van der Waals surface area (Å²) in [5.74, 6) is 1.23. The fourth-order valence-corrected chi connectivity index (χ4v) is 4.00. The maximum Gasteiger partial charge on any atom is 0.251 e. The number of ether oxygens (including phenoxy) is 2. The number of methoxy groups -OCH3 is 2. The third-order valence-corrected chi connectivity index (χ3v) is 6.14. The van der Waals surface area contributed by atoms with Crippen LogP contribution in [0.25, 0.3) is 0 Å². The number of carbonyl (C=O) groups is 1. The first-order chi connectivity index (χ1) is 12.7. The Balaban J connectivity index is 1.52. The van der Waals surface area contributed by atoms with Gasteiger partial charge in [-0.05, 0) is 68.3 Å². The molecule has 1 atom stereocenters. The van der Waals surface area contributed by atoms with Gasteiger partial charge in [-0.25, -0.2) is 0 Å². The predicted octanol–water partition coefficient (Wildman–Crippen LogP) is 3.72. The van der Waals surface area contributed by atoms with Crippen molar-refractivity contribution in [2.75, 3.05) is 33.9 Å². The summed E-state index contributed by atoms with van der Waals surface area (Å²) in [4.78, 5) is 15.3. The molecule has 1 unspecified atom stereocenters. The van der Waals surface area contributed by atoms with E-state index in [1.807, 2.05) is 0 Å². The second-order valence-corrected chi connectivity index (χ2v) is 9.35. The minimum absolute atomic E-state index is 0.0377. The Hall–Kier alpha value is -1.75. The van der Waals surface area contributed by atoms with Crippen molar-refractivity contribution in [1.82, 2.24) is 10.2 Å². The zero-order valence-corrected chi connectivity index (χ0v) is 17.4. The van der Waals surface area contributed by atoms with E-state index in [-0.39, 0.29) is 5.91 Å². The van der Waals surface area contributed by atoms with Crippen LogP contribution in [-0.2, 0) is 0 Å². The van der Waals surface area contributed by atoms with Gasteiger partial charge in [-0.15, -0.1) is 0 Å². The summed E-state index contributed by atoms with van der Waals surface area (Å²) >= 11 is 0. The number of piperidine rings is 1. The van der Waals surface area contributed by atoms with E-state index in [0.29, 0.717) is 33.9 Å². The van der Waals surface area contributed by atoms with E-state index in [1.54, 1.807) is 32.4 Å². The van der Waals surface area contributed by atoms with Gasteiger partial charge in [0.15, 0.2) is 0 Å². The number of benzene rings is 1. The van der Waals surface area contributed by atoms with Crippen molar-refractivity contribution in [3.8, 4) is 11.5 Å². The SMILES string of the molecule is COc1cc(OC)cc(C(=O)NC2CC23CCN(CCC(C)(C)C)CC3)c1. The Labute approximate surface area is 163 Å². The molecule has 1 aliphatic heterocycles. The summed E-state index contributed by atoms with van der Waals surface area (Å²) in [7, 11) is 3.19. The number of nitrogens with zero attached hydrogens (tertiary/aromatic N) is 1. The van der Waals surface area contributed by atoms with E-state index in [9.17, 15) is 4.79 Å².